The van der Waals surface area contributed by atoms with E-state index >= 15 is 0 Å². The first-order valence-corrected chi connectivity index (χ1v) is 8.66. The van der Waals surface area contributed by atoms with Crippen molar-refractivity contribution in [3.05, 3.63) is 95.4 Å². The number of benzene rings is 2. The number of nitrogens with one attached hydrogen (secondary N) is 1. The van der Waals surface area contributed by atoms with Crippen LogP contribution in [0.1, 0.15) is 27.2 Å². The fraction of sp³-hybridized carbons (Fsp3) is 0.136. The van der Waals surface area contributed by atoms with E-state index in [1.165, 1.54) is 11.1 Å². The van der Waals surface area contributed by atoms with Gasteiger partial charge in [-0.2, -0.15) is 0 Å². The van der Waals surface area contributed by atoms with Crippen molar-refractivity contribution in [1.29, 1.82) is 0 Å². The highest BCUT2D eigenvalue weighted by Crippen LogP contribution is 2.23. The topological polar surface area (TPSA) is 47.2 Å². The number of fused-ring (bicyclic) bond motifs is 1. The van der Waals surface area contributed by atoms with Crippen LogP contribution in [-0.4, -0.2) is 10.5 Å². The Bertz CT molecular complexity index is 1040. The maximum atomic E-state index is 12.8. The van der Waals surface area contributed by atoms with Gasteiger partial charge in [0.1, 0.15) is 5.69 Å². The molecule has 1 N–H and O–H groups in total. The van der Waals surface area contributed by atoms with Gasteiger partial charge in [-0.15, -0.1) is 0 Å². The maximum absolute atomic E-state index is 12.8. The van der Waals surface area contributed by atoms with Crippen molar-refractivity contribution in [3.63, 3.8) is 0 Å². The maximum Gasteiger partial charge on any atom is 0.268 e. The molecular weight excluding hydrogens is 324 g/mol. The lowest BCUT2D eigenvalue weighted by molar-refractivity contribution is 0.0942. The van der Waals surface area contributed by atoms with E-state index in [2.05, 4.69) is 24.4 Å². The fourth-order valence-corrected chi connectivity index (χ4v) is 3.16. The van der Waals surface area contributed by atoms with E-state index in [0.717, 1.165) is 16.7 Å². The molecule has 1 amide bonds. The molecule has 0 fully saturated rings. The van der Waals surface area contributed by atoms with Crippen LogP contribution in [0.25, 0.3) is 11.1 Å². The smallest absolute Gasteiger partial charge is 0.268 e. The van der Waals surface area contributed by atoms with E-state index in [4.69, 9.17) is 4.42 Å². The van der Waals surface area contributed by atoms with Gasteiger partial charge in [-0.25, -0.2) is 0 Å². The second-order valence-electron chi connectivity index (χ2n) is 6.38. The normalized spacial score (nSPS) is 11.0. The average molecular weight is 344 g/mol. The predicted octanol–water partition coefficient (Wildman–Crippen LogP) is 4.52. The molecule has 0 unspecified atom stereocenters. The molecule has 0 aliphatic heterocycles. The Morgan fingerprint density at radius 2 is 1.81 bits per heavy atom. The standard InChI is InChI=1S/C22H20N2O2/c1-16-7-5-6-10-18(16)15-24-19-11-12-26-21(19)13-20(24)22(25)23-14-17-8-3-2-4-9-17/h2-13H,14-15H2,1H3,(H,23,25). The molecule has 26 heavy (non-hydrogen) atoms. The van der Waals surface area contributed by atoms with Gasteiger partial charge in [0.05, 0.1) is 11.8 Å². The Kier molecular flexibility index (Phi) is 4.32. The van der Waals surface area contributed by atoms with Crippen LogP contribution in [-0.2, 0) is 13.1 Å². The van der Waals surface area contributed by atoms with E-state index < -0.39 is 0 Å². The van der Waals surface area contributed by atoms with Crippen LogP contribution in [0.4, 0.5) is 0 Å². The quantitative estimate of drug-likeness (QED) is 0.578. The summed E-state index contributed by atoms with van der Waals surface area (Å²) in [6, 6.07) is 21.8. The van der Waals surface area contributed by atoms with Crippen molar-refractivity contribution in [2.24, 2.45) is 0 Å². The fourth-order valence-electron chi connectivity index (χ4n) is 3.16. The highest BCUT2D eigenvalue weighted by atomic mass is 16.3. The Morgan fingerprint density at radius 3 is 2.62 bits per heavy atom. The van der Waals surface area contributed by atoms with E-state index in [1.807, 2.05) is 59.2 Å². The summed E-state index contributed by atoms with van der Waals surface area (Å²) >= 11 is 0. The monoisotopic (exact) mass is 344 g/mol. The largest absolute Gasteiger partial charge is 0.463 e. The van der Waals surface area contributed by atoms with Crippen LogP contribution >= 0.6 is 0 Å². The lowest BCUT2D eigenvalue weighted by Crippen LogP contribution is -2.25. The third kappa shape index (κ3) is 3.14. The van der Waals surface area contributed by atoms with Gasteiger partial charge in [0.15, 0.2) is 5.58 Å². The molecule has 2 heterocycles. The molecule has 0 atom stereocenters. The van der Waals surface area contributed by atoms with Gasteiger partial charge in [-0.1, -0.05) is 54.6 Å². The molecule has 0 saturated heterocycles. The van der Waals surface area contributed by atoms with Crippen LogP contribution < -0.4 is 5.32 Å². The second-order valence-corrected chi connectivity index (χ2v) is 6.38. The SMILES string of the molecule is Cc1ccccc1Cn1c(C(=O)NCc2ccccc2)cc2occc21. The molecule has 4 heteroatoms. The summed E-state index contributed by atoms with van der Waals surface area (Å²) in [5, 5.41) is 3.01. The zero-order valence-electron chi connectivity index (χ0n) is 14.6. The molecule has 0 aliphatic carbocycles. The Morgan fingerprint density at radius 1 is 1.04 bits per heavy atom. The van der Waals surface area contributed by atoms with Crippen LogP contribution in [0.5, 0.6) is 0 Å². The molecule has 4 nitrogen and oxygen atoms in total. The van der Waals surface area contributed by atoms with Crippen molar-refractivity contribution < 1.29 is 9.21 Å². The summed E-state index contributed by atoms with van der Waals surface area (Å²) in [6.45, 7) is 3.21. The first-order chi connectivity index (χ1) is 12.7. The Labute approximate surface area is 152 Å². The lowest BCUT2D eigenvalue weighted by atomic mass is 10.1. The predicted molar refractivity (Wildman–Crippen MR) is 102 cm³/mol. The Hall–Kier alpha value is -3.27. The second kappa shape index (κ2) is 6.92. The van der Waals surface area contributed by atoms with Gasteiger partial charge >= 0.3 is 0 Å². The minimum atomic E-state index is -0.103. The number of carbonyl (C=O) groups excluding carboxylic acids is 1. The molecule has 130 valence electrons. The number of carbonyl (C=O) groups is 1. The third-order valence-corrected chi connectivity index (χ3v) is 4.64. The number of aromatic nitrogens is 1. The van der Waals surface area contributed by atoms with Crippen molar-refractivity contribution in [1.82, 2.24) is 9.88 Å². The molecule has 2 aromatic carbocycles. The van der Waals surface area contributed by atoms with E-state index in [1.54, 1.807) is 6.26 Å². The van der Waals surface area contributed by atoms with Gasteiger partial charge < -0.3 is 14.3 Å². The highest BCUT2D eigenvalue weighted by molar-refractivity contribution is 5.97. The van der Waals surface area contributed by atoms with Crippen LogP contribution in [0.3, 0.4) is 0 Å². The van der Waals surface area contributed by atoms with E-state index in [-0.39, 0.29) is 5.91 Å². The van der Waals surface area contributed by atoms with Crippen molar-refractivity contribution in [2.75, 3.05) is 0 Å². The molecule has 4 rings (SSSR count). The van der Waals surface area contributed by atoms with E-state index in [9.17, 15) is 4.79 Å². The van der Waals surface area contributed by atoms with Gasteiger partial charge in [0, 0.05) is 25.2 Å². The number of rotatable bonds is 5. The number of hydrogen-bond donors (Lipinski definition) is 1. The zero-order chi connectivity index (χ0) is 17.9. The van der Waals surface area contributed by atoms with Crippen molar-refractivity contribution in [2.45, 2.75) is 20.0 Å². The zero-order valence-corrected chi connectivity index (χ0v) is 14.6. The number of amides is 1. The first-order valence-electron chi connectivity index (χ1n) is 8.66. The number of aryl methyl sites for hydroxylation is 1. The highest BCUT2D eigenvalue weighted by Gasteiger charge is 2.18. The molecule has 4 aromatic rings. The summed E-state index contributed by atoms with van der Waals surface area (Å²) in [6.07, 6.45) is 1.66. The summed E-state index contributed by atoms with van der Waals surface area (Å²) in [5.74, 6) is -0.103. The summed E-state index contributed by atoms with van der Waals surface area (Å²) in [4.78, 5) is 12.8. The number of furan rings is 1. The molecule has 0 spiro atoms. The van der Waals surface area contributed by atoms with Crippen LogP contribution in [0, 0.1) is 6.92 Å². The Balaban J connectivity index is 1.63. The number of nitrogens with zero attached hydrogens (tertiary/aromatic N) is 1. The van der Waals surface area contributed by atoms with Gasteiger partial charge in [0.2, 0.25) is 0 Å². The lowest BCUT2D eigenvalue weighted by Gasteiger charge is -2.12. The molecular formula is C22H20N2O2. The molecule has 0 saturated carbocycles. The molecule has 2 aromatic heterocycles. The first kappa shape index (κ1) is 16.2. The summed E-state index contributed by atoms with van der Waals surface area (Å²) < 4.78 is 7.53. The van der Waals surface area contributed by atoms with Crippen LogP contribution in [0.2, 0.25) is 0 Å². The van der Waals surface area contributed by atoms with Gasteiger partial charge in [0.25, 0.3) is 5.91 Å². The minimum Gasteiger partial charge on any atom is -0.463 e. The summed E-state index contributed by atoms with van der Waals surface area (Å²) in [7, 11) is 0. The minimum absolute atomic E-state index is 0.103. The summed E-state index contributed by atoms with van der Waals surface area (Å²) in [5.41, 5.74) is 5.72. The third-order valence-electron chi connectivity index (χ3n) is 4.64. The van der Waals surface area contributed by atoms with Crippen molar-refractivity contribution >= 4 is 17.0 Å². The van der Waals surface area contributed by atoms with Crippen LogP contribution in [0.15, 0.2) is 77.4 Å². The van der Waals surface area contributed by atoms with Gasteiger partial charge in [-0.3, -0.25) is 4.79 Å². The van der Waals surface area contributed by atoms with E-state index in [0.29, 0.717) is 18.8 Å². The molecule has 0 aliphatic rings. The molecule has 0 bridgehead atoms. The van der Waals surface area contributed by atoms with Gasteiger partial charge in [-0.05, 0) is 23.6 Å². The molecule has 0 radical (unpaired) electrons. The van der Waals surface area contributed by atoms with Crippen molar-refractivity contribution in [3.8, 4) is 0 Å². The number of hydrogen-bond acceptors (Lipinski definition) is 2. The average Bonchev–Trinajstić information content (AvgIpc) is 3.25.